The molecule has 1 aromatic heterocycles. The summed E-state index contributed by atoms with van der Waals surface area (Å²) in [5.41, 5.74) is 1.60. The zero-order valence-corrected chi connectivity index (χ0v) is 13.1. The van der Waals surface area contributed by atoms with Crippen LogP contribution >= 0.6 is 0 Å². The van der Waals surface area contributed by atoms with E-state index in [1.165, 1.54) is 11.0 Å². The van der Waals surface area contributed by atoms with Crippen LogP contribution in [0.25, 0.3) is 17.4 Å². The molecule has 0 spiro atoms. The van der Waals surface area contributed by atoms with Gasteiger partial charge in [0, 0.05) is 18.2 Å². The predicted octanol–water partition coefficient (Wildman–Crippen LogP) is 3.12. The Hall–Kier alpha value is -3.33. The van der Waals surface area contributed by atoms with E-state index in [4.69, 9.17) is 9.68 Å². The van der Waals surface area contributed by atoms with Crippen LogP contribution in [0.5, 0.6) is 0 Å². The maximum atomic E-state index is 12.2. The van der Waals surface area contributed by atoms with Crippen molar-refractivity contribution in [2.24, 2.45) is 0 Å². The van der Waals surface area contributed by atoms with Gasteiger partial charge in [-0.15, -0.1) is 0 Å². The van der Waals surface area contributed by atoms with E-state index in [1.807, 2.05) is 6.92 Å². The van der Waals surface area contributed by atoms with Crippen molar-refractivity contribution in [3.8, 4) is 17.4 Å². The van der Waals surface area contributed by atoms with Crippen molar-refractivity contribution in [2.45, 2.75) is 13.3 Å². The lowest BCUT2D eigenvalue weighted by atomic mass is 10.1. The third-order valence-electron chi connectivity index (χ3n) is 3.62. The zero-order chi connectivity index (χ0) is 17.1. The molecule has 1 N–H and O–H groups in total. The fourth-order valence-electron chi connectivity index (χ4n) is 2.44. The predicted molar refractivity (Wildman–Crippen MR) is 87.4 cm³/mol. The number of nitrogens with one attached hydrogen (secondary N) is 1. The van der Waals surface area contributed by atoms with Gasteiger partial charge in [0.2, 0.25) is 0 Å². The summed E-state index contributed by atoms with van der Waals surface area (Å²) in [5, 5.41) is 11.4. The fraction of sp³-hybridized carbons (Fsp3) is 0.167. The van der Waals surface area contributed by atoms with Gasteiger partial charge in [-0.25, -0.2) is 4.79 Å². The van der Waals surface area contributed by atoms with Crippen LogP contribution in [0.4, 0.5) is 4.79 Å². The highest BCUT2D eigenvalue weighted by Crippen LogP contribution is 2.24. The number of urea groups is 1. The number of benzene rings is 1. The van der Waals surface area contributed by atoms with Gasteiger partial charge in [-0.3, -0.25) is 9.69 Å². The highest BCUT2D eigenvalue weighted by atomic mass is 16.3. The standard InChI is InChI=1S/C18H15N3O3/c1-2-9-21-17(22)15(20-18(21)23)10-14-7-8-16(24-14)13-5-3-12(11-19)4-6-13/h3-8,10H,2,9H2,1H3,(H,20,23)/b15-10+. The van der Waals surface area contributed by atoms with Gasteiger partial charge in [-0.1, -0.05) is 6.92 Å². The summed E-state index contributed by atoms with van der Waals surface area (Å²) in [6.45, 7) is 2.29. The third kappa shape index (κ3) is 2.92. The molecule has 2 aromatic rings. The second kappa shape index (κ2) is 6.42. The molecule has 0 atom stereocenters. The van der Waals surface area contributed by atoms with Gasteiger partial charge in [0.15, 0.2) is 0 Å². The van der Waals surface area contributed by atoms with Crippen LogP contribution in [-0.2, 0) is 4.79 Å². The largest absolute Gasteiger partial charge is 0.457 e. The SMILES string of the molecule is CCCN1C(=O)N/C(=C/c2ccc(-c3ccc(C#N)cc3)o2)C1=O. The first-order valence-electron chi connectivity index (χ1n) is 7.57. The number of amides is 3. The average molecular weight is 321 g/mol. The van der Waals surface area contributed by atoms with Gasteiger partial charge in [-0.2, -0.15) is 5.26 Å². The molecule has 2 heterocycles. The Morgan fingerprint density at radius 2 is 1.96 bits per heavy atom. The topological polar surface area (TPSA) is 86.3 Å². The Labute approximate surface area is 139 Å². The molecule has 6 nitrogen and oxygen atoms in total. The van der Waals surface area contributed by atoms with E-state index in [-0.39, 0.29) is 11.6 Å². The number of furan rings is 1. The molecule has 1 aliphatic rings. The molecule has 1 aliphatic heterocycles. The summed E-state index contributed by atoms with van der Waals surface area (Å²) in [4.78, 5) is 25.1. The van der Waals surface area contributed by atoms with Gasteiger partial charge in [0.1, 0.15) is 17.2 Å². The van der Waals surface area contributed by atoms with E-state index in [2.05, 4.69) is 11.4 Å². The van der Waals surface area contributed by atoms with Crippen LogP contribution in [0.1, 0.15) is 24.7 Å². The van der Waals surface area contributed by atoms with E-state index in [0.717, 1.165) is 5.56 Å². The number of hydrogen-bond acceptors (Lipinski definition) is 4. The molecule has 0 radical (unpaired) electrons. The number of carbonyl (C=O) groups excluding carboxylic acids is 2. The molecule has 24 heavy (non-hydrogen) atoms. The van der Waals surface area contributed by atoms with E-state index >= 15 is 0 Å². The zero-order valence-electron chi connectivity index (χ0n) is 13.1. The minimum Gasteiger partial charge on any atom is -0.457 e. The molecule has 1 saturated heterocycles. The monoisotopic (exact) mass is 321 g/mol. The Kier molecular flexibility index (Phi) is 4.17. The van der Waals surface area contributed by atoms with Crippen LogP contribution in [0.2, 0.25) is 0 Å². The molecule has 0 bridgehead atoms. The van der Waals surface area contributed by atoms with Crippen molar-refractivity contribution >= 4 is 18.0 Å². The van der Waals surface area contributed by atoms with E-state index in [0.29, 0.717) is 30.0 Å². The number of nitriles is 1. The Morgan fingerprint density at radius 1 is 1.21 bits per heavy atom. The van der Waals surface area contributed by atoms with Crippen LogP contribution in [0, 0.1) is 11.3 Å². The number of rotatable bonds is 4. The van der Waals surface area contributed by atoms with Crippen molar-refractivity contribution in [3.05, 3.63) is 53.4 Å². The maximum Gasteiger partial charge on any atom is 0.329 e. The van der Waals surface area contributed by atoms with Crippen LogP contribution in [0.3, 0.4) is 0 Å². The molecule has 120 valence electrons. The summed E-state index contributed by atoms with van der Waals surface area (Å²) < 4.78 is 5.70. The summed E-state index contributed by atoms with van der Waals surface area (Å²) in [6, 6.07) is 12.1. The fourth-order valence-corrected chi connectivity index (χ4v) is 2.44. The Bertz CT molecular complexity index is 856. The van der Waals surface area contributed by atoms with Gasteiger partial charge >= 0.3 is 6.03 Å². The Balaban J connectivity index is 1.82. The Morgan fingerprint density at radius 3 is 2.62 bits per heavy atom. The van der Waals surface area contributed by atoms with Crippen molar-refractivity contribution in [2.75, 3.05) is 6.54 Å². The first kappa shape index (κ1) is 15.6. The molecule has 3 rings (SSSR count). The molecular weight excluding hydrogens is 306 g/mol. The summed E-state index contributed by atoms with van der Waals surface area (Å²) in [7, 11) is 0. The summed E-state index contributed by atoms with van der Waals surface area (Å²) in [5.74, 6) is 0.739. The number of nitrogens with zero attached hydrogens (tertiary/aromatic N) is 2. The summed E-state index contributed by atoms with van der Waals surface area (Å²) >= 11 is 0. The smallest absolute Gasteiger partial charge is 0.329 e. The first-order valence-corrected chi connectivity index (χ1v) is 7.57. The van der Waals surface area contributed by atoms with Gasteiger partial charge < -0.3 is 9.73 Å². The molecule has 0 aliphatic carbocycles. The van der Waals surface area contributed by atoms with E-state index in [9.17, 15) is 9.59 Å². The molecular formula is C18H15N3O3. The lowest BCUT2D eigenvalue weighted by molar-refractivity contribution is -0.122. The van der Waals surface area contributed by atoms with E-state index in [1.54, 1.807) is 36.4 Å². The van der Waals surface area contributed by atoms with E-state index < -0.39 is 6.03 Å². The van der Waals surface area contributed by atoms with Crippen molar-refractivity contribution in [3.63, 3.8) is 0 Å². The summed E-state index contributed by atoms with van der Waals surface area (Å²) in [6.07, 6.45) is 2.22. The minimum absolute atomic E-state index is 0.203. The molecule has 3 amide bonds. The molecule has 0 unspecified atom stereocenters. The maximum absolute atomic E-state index is 12.2. The lowest BCUT2D eigenvalue weighted by Crippen LogP contribution is -2.31. The van der Waals surface area contributed by atoms with Crippen LogP contribution in [-0.4, -0.2) is 23.4 Å². The van der Waals surface area contributed by atoms with Gasteiger partial charge in [-0.05, 0) is 42.8 Å². The third-order valence-corrected chi connectivity index (χ3v) is 3.62. The highest BCUT2D eigenvalue weighted by molar-refractivity contribution is 6.13. The molecule has 1 fully saturated rings. The quantitative estimate of drug-likeness (QED) is 0.692. The second-order valence-electron chi connectivity index (χ2n) is 5.34. The molecule has 1 aromatic carbocycles. The van der Waals surface area contributed by atoms with Gasteiger partial charge in [0.05, 0.1) is 11.6 Å². The minimum atomic E-state index is -0.410. The highest BCUT2D eigenvalue weighted by Gasteiger charge is 2.32. The van der Waals surface area contributed by atoms with Crippen LogP contribution in [0.15, 0.2) is 46.5 Å². The normalized spacial score (nSPS) is 15.7. The number of carbonyl (C=O) groups is 2. The number of imide groups is 1. The van der Waals surface area contributed by atoms with Crippen molar-refractivity contribution < 1.29 is 14.0 Å². The first-order chi connectivity index (χ1) is 11.6. The second-order valence-corrected chi connectivity index (χ2v) is 5.34. The lowest BCUT2D eigenvalue weighted by Gasteiger charge is -2.08. The van der Waals surface area contributed by atoms with Gasteiger partial charge in [0.25, 0.3) is 5.91 Å². The average Bonchev–Trinajstić information content (AvgIpc) is 3.16. The van der Waals surface area contributed by atoms with Crippen molar-refractivity contribution in [1.82, 2.24) is 10.2 Å². The van der Waals surface area contributed by atoms with Crippen LogP contribution < -0.4 is 5.32 Å². The van der Waals surface area contributed by atoms with Crippen molar-refractivity contribution in [1.29, 1.82) is 5.26 Å². The number of hydrogen-bond donors (Lipinski definition) is 1. The molecule has 6 heteroatoms. The molecule has 0 saturated carbocycles.